The number of benzene rings is 1. The van der Waals surface area contributed by atoms with Crippen LogP contribution in [0.1, 0.15) is 46.1 Å². The maximum Gasteiger partial charge on any atom is 0.296 e. The number of hydrogen-bond acceptors (Lipinski definition) is 4. The second-order valence-electron chi connectivity index (χ2n) is 7.12. The van der Waals surface area contributed by atoms with Crippen molar-refractivity contribution in [1.82, 2.24) is 4.90 Å². The number of carbonyl (C=O) groups is 1. The average Bonchev–Trinajstić information content (AvgIpc) is 2.55. The number of nitrogens with zero attached hydrogens (tertiary/aromatic N) is 1. The Kier molecular flexibility index (Phi) is 8.50. The molecule has 0 N–H and O–H groups in total. The first-order valence-electron chi connectivity index (χ1n) is 9.03. The number of likely N-dealkylation sites (N-methyl/N-ethyl adjacent to an activating group) is 1. The summed E-state index contributed by atoms with van der Waals surface area (Å²) in [5.74, 6) is 0.00370. The number of rotatable bonds is 10. The van der Waals surface area contributed by atoms with E-state index in [4.69, 9.17) is 4.18 Å². The van der Waals surface area contributed by atoms with Crippen LogP contribution in [0.25, 0.3) is 0 Å². The van der Waals surface area contributed by atoms with Crippen molar-refractivity contribution in [2.45, 2.75) is 52.4 Å². The predicted molar refractivity (Wildman–Crippen MR) is 104 cm³/mol. The third-order valence-corrected chi connectivity index (χ3v) is 5.66. The standard InChI is InChI=1S/C20H31NO4S/c1-6-21(7-2)19(22)9-8-14-20(4,5)15-16-25-26(23,24)18-12-10-17(3)11-13-18/h8-13H,6-7,14-16H2,1-5H3. The number of hydrogen-bond donors (Lipinski definition) is 0. The van der Waals surface area contributed by atoms with E-state index in [9.17, 15) is 13.2 Å². The molecule has 6 heteroatoms. The predicted octanol–water partition coefficient (Wildman–Crippen LogP) is 3.93. The fraction of sp³-hybridized carbons (Fsp3) is 0.550. The molecule has 0 bridgehead atoms. The van der Waals surface area contributed by atoms with Gasteiger partial charge in [-0.15, -0.1) is 0 Å². The van der Waals surface area contributed by atoms with Gasteiger partial charge in [0.05, 0.1) is 11.5 Å². The molecular weight excluding hydrogens is 350 g/mol. The summed E-state index contributed by atoms with van der Waals surface area (Å²) in [6.07, 6.45) is 4.70. The molecule has 0 saturated carbocycles. The Hall–Kier alpha value is -1.66. The summed E-state index contributed by atoms with van der Waals surface area (Å²) in [5.41, 5.74) is 0.833. The van der Waals surface area contributed by atoms with Gasteiger partial charge in [-0.05, 0) is 57.2 Å². The minimum atomic E-state index is -3.73. The van der Waals surface area contributed by atoms with Gasteiger partial charge >= 0.3 is 0 Å². The Bertz CT molecular complexity index is 702. The van der Waals surface area contributed by atoms with Crippen molar-refractivity contribution < 1.29 is 17.4 Å². The Morgan fingerprint density at radius 3 is 2.27 bits per heavy atom. The van der Waals surface area contributed by atoms with E-state index in [2.05, 4.69) is 0 Å². The van der Waals surface area contributed by atoms with E-state index in [1.807, 2.05) is 40.7 Å². The molecule has 5 nitrogen and oxygen atoms in total. The van der Waals surface area contributed by atoms with Crippen molar-refractivity contribution in [2.24, 2.45) is 5.41 Å². The smallest absolute Gasteiger partial charge is 0.296 e. The highest BCUT2D eigenvalue weighted by Gasteiger charge is 2.20. The number of aryl methyl sites for hydroxylation is 1. The molecule has 0 atom stereocenters. The maximum absolute atomic E-state index is 12.2. The molecule has 0 radical (unpaired) electrons. The lowest BCUT2D eigenvalue weighted by Gasteiger charge is -2.23. The van der Waals surface area contributed by atoms with Crippen LogP contribution in [0.3, 0.4) is 0 Å². The molecule has 26 heavy (non-hydrogen) atoms. The lowest BCUT2D eigenvalue weighted by atomic mass is 9.86. The van der Waals surface area contributed by atoms with Crippen LogP contribution in [-0.4, -0.2) is 38.9 Å². The van der Waals surface area contributed by atoms with Gasteiger partial charge in [-0.25, -0.2) is 0 Å². The molecule has 146 valence electrons. The maximum atomic E-state index is 12.2. The van der Waals surface area contributed by atoms with Crippen LogP contribution in [0.2, 0.25) is 0 Å². The van der Waals surface area contributed by atoms with Crippen LogP contribution in [0, 0.1) is 12.3 Å². The van der Waals surface area contributed by atoms with Gasteiger partial charge in [-0.1, -0.05) is 37.6 Å². The van der Waals surface area contributed by atoms with Gasteiger partial charge in [0.15, 0.2) is 0 Å². The summed E-state index contributed by atoms with van der Waals surface area (Å²) >= 11 is 0. The summed E-state index contributed by atoms with van der Waals surface area (Å²) in [7, 11) is -3.73. The van der Waals surface area contributed by atoms with Gasteiger partial charge in [0.25, 0.3) is 10.1 Å². The molecule has 1 amide bonds. The van der Waals surface area contributed by atoms with Crippen molar-refractivity contribution >= 4 is 16.0 Å². The molecule has 0 aromatic heterocycles. The third kappa shape index (κ3) is 7.30. The van der Waals surface area contributed by atoms with Crippen molar-refractivity contribution in [3.8, 4) is 0 Å². The summed E-state index contributed by atoms with van der Waals surface area (Å²) in [4.78, 5) is 13.9. The fourth-order valence-corrected chi connectivity index (χ4v) is 3.33. The minimum Gasteiger partial charge on any atom is -0.340 e. The van der Waals surface area contributed by atoms with Crippen LogP contribution in [0.4, 0.5) is 0 Å². The zero-order valence-electron chi connectivity index (χ0n) is 16.5. The van der Waals surface area contributed by atoms with Crippen molar-refractivity contribution in [3.63, 3.8) is 0 Å². The second-order valence-corrected chi connectivity index (χ2v) is 8.74. The first-order chi connectivity index (χ1) is 12.1. The first kappa shape index (κ1) is 22.4. The molecule has 0 aliphatic heterocycles. The van der Waals surface area contributed by atoms with Gasteiger partial charge in [0.1, 0.15) is 0 Å². The molecule has 0 heterocycles. The first-order valence-corrected chi connectivity index (χ1v) is 10.4. The molecule has 0 aliphatic rings. The van der Waals surface area contributed by atoms with Crippen molar-refractivity contribution in [2.75, 3.05) is 19.7 Å². The van der Waals surface area contributed by atoms with Gasteiger partial charge in [-0.3, -0.25) is 8.98 Å². The van der Waals surface area contributed by atoms with Gasteiger partial charge < -0.3 is 4.90 Å². The third-order valence-electron chi connectivity index (χ3n) is 4.33. The zero-order chi connectivity index (χ0) is 19.8. The van der Waals surface area contributed by atoms with Gasteiger partial charge in [0, 0.05) is 13.1 Å². The molecular formula is C20H31NO4S. The zero-order valence-corrected chi connectivity index (χ0v) is 17.3. The van der Waals surface area contributed by atoms with E-state index in [-0.39, 0.29) is 22.8 Å². The topological polar surface area (TPSA) is 63.7 Å². The molecule has 0 aliphatic carbocycles. The Morgan fingerprint density at radius 2 is 1.73 bits per heavy atom. The van der Waals surface area contributed by atoms with E-state index in [0.717, 1.165) is 5.56 Å². The Balaban J connectivity index is 2.52. The number of carbonyl (C=O) groups excluding carboxylic acids is 1. The monoisotopic (exact) mass is 381 g/mol. The summed E-state index contributed by atoms with van der Waals surface area (Å²) in [5, 5.41) is 0. The minimum absolute atomic E-state index is 0.00370. The van der Waals surface area contributed by atoms with E-state index >= 15 is 0 Å². The average molecular weight is 382 g/mol. The van der Waals surface area contributed by atoms with Crippen LogP contribution in [0.15, 0.2) is 41.3 Å². The van der Waals surface area contributed by atoms with Crippen molar-refractivity contribution in [1.29, 1.82) is 0 Å². The largest absolute Gasteiger partial charge is 0.340 e. The number of amides is 1. The second kappa shape index (κ2) is 9.88. The molecule has 0 spiro atoms. The molecule has 1 aromatic carbocycles. The van der Waals surface area contributed by atoms with E-state index < -0.39 is 10.1 Å². The molecule has 0 saturated heterocycles. The highest BCUT2D eigenvalue weighted by molar-refractivity contribution is 7.86. The quantitative estimate of drug-likeness (QED) is 0.455. The summed E-state index contributed by atoms with van der Waals surface area (Å²) in [6, 6.07) is 6.60. The summed E-state index contributed by atoms with van der Waals surface area (Å²) < 4.78 is 29.5. The Morgan fingerprint density at radius 1 is 1.15 bits per heavy atom. The fourth-order valence-electron chi connectivity index (χ4n) is 2.42. The number of allylic oxidation sites excluding steroid dienone is 1. The van der Waals surface area contributed by atoms with E-state index in [1.165, 1.54) is 0 Å². The van der Waals surface area contributed by atoms with Gasteiger partial charge in [-0.2, -0.15) is 8.42 Å². The van der Waals surface area contributed by atoms with E-state index in [1.54, 1.807) is 35.2 Å². The molecule has 1 rings (SSSR count). The lowest BCUT2D eigenvalue weighted by molar-refractivity contribution is -0.125. The van der Waals surface area contributed by atoms with Crippen LogP contribution in [-0.2, 0) is 19.1 Å². The molecule has 0 fully saturated rings. The van der Waals surface area contributed by atoms with Crippen LogP contribution < -0.4 is 0 Å². The Labute approximate surface area is 158 Å². The summed E-state index contributed by atoms with van der Waals surface area (Å²) in [6.45, 7) is 11.3. The SMILES string of the molecule is CCN(CC)C(=O)C=CCC(C)(C)CCOS(=O)(=O)c1ccc(C)cc1. The van der Waals surface area contributed by atoms with E-state index in [0.29, 0.717) is 25.9 Å². The highest BCUT2D eigenvalue weighted by Crippen LogP contribution is 2.26. The van der Waals surface area contributed by atoms with Crippen LogP contribution >= 0.6 is 0 Å². The van der Waals surface area contributed by atoms with Crippen LogP contribution in [0.5, 0.6) is 0 Å². The highest BCUT2D eigenvalue weighted by atomic mass is 32.2. The lowest BCUT2D eigenvalue weighted by Crippen LogP contribution is -2.28. The normalized spacial score (nSPS) is 12.5. The molecule has 1 aromatic rings. The molecule has 0 unspecified atom stereocenters. The van der Waals surface area contributed by atoms with Gasteiger partial charge in [0.2, 0.25) is 5.91 Å². The van der Waals surface area contributed by atoms with Crippen molar-refractivity contribution in [3.05, 3.63) is 42.0 Å².